The second-order valence-corrected chi connectivity index (χ2v) is 6.30. The first-order chi connectivity index (χ1) is 10.2. The fraction of sp³-hybridized carbons (Fsp3) is 0.400. The van der Waals surface area contributed by atoms with E-state index >= 15 is 0 Å². The highest BCUT2D eigenvalue weighted by Gasteiger charge is 2.36. The van der Waals surface area contributed by atoms with Crippen LogP contribution in [0.3, 0.4) is 0 Å². The number of hydrogen-bond acceptors (Lipinski definition) is 5. The lowest BCUT2D eigenvalue weighted by Crippen LogP contribution is -2.07. The Morgan fingerprint density at radius 3 is 3.00 bits per heavy atom. The van der Waals surface area contributed by atoms with Crippen molar-refractivity contribution >= 4 is 28.5 Å². The van der Waals surface area contributed by atoms with Gasteiger partial charge in [0.2, 0.25) is 11.0 Å². The highest BCUT2D eigenvalue weighted by molar-refractivity contribution is 7.15. The number of nitrogens with one attached hydrogen (secondary N) is 1. The molecule has 5 nitrogen and oxygen atoms in total. The number of hydrogen-bond donors (Lipinski definition) is 1. The van der Waals surface area contributed by atoms with Crippen LogP contribution in [-0.2, 0) is 11.2 Å². The van der Waals surface area contributed by atoms with Gasteiger partial charge in [0.25, 0.3) is 0 Å². The summed E-state index contributed by atoms with van der Waals surface area (Å²) < 4.78 is 5.71. The second kappa shape index (κ2) is 5.81. The quantitative estimate of drug-likeness (QED) is 0.859. The minimum absolute atomic E-state index is 0.230. The van der Waals surface area contributed by atoms with E-state index in [-0.39, 0.29) is 5.91 Å². The number of carbonyl (C=O) groups is 1. The molecule has 0 aliphatic heterocycles. The van der Waals surface area contributed by atoms with Crippen molar-refractivity contribution in [2.75, 3.05) is 5.32 Å². The summed E-state index contributed by atoms with van der Waals surface area (Å²) in [6.45, 7) is 4.21. The van der Waals surface area contributed by atoms with Gasteiger partial charge in [-0.05, 0) is 37.0 Å². The fourth-order valence-corrected chi connectivity index (χ4v) is 2.81. The predicted octanol–water partition coefficient (Wildman–Crippen LogP) is 3.47. The summed E-state index contributed by atoms with van der Waals surface area (Å²) in [6, 6.07) is 3.88. The Balaban J connectivity index is 1.57. The number of amides is 1. The lowest BCUT2D eigenvalue weighted by atomic mass is 10.3. The van der Waals surface area contributed by atoms with Gasteiger partial charge in [-0.1, -0.05) is 25.2 Å². The number of nitrogens with zero attached hydrogens (tertiary/aromatic N) is 2. The first-order valence-electron chi connectivity index (χ1n) is 7.07. The molecule has 2 heterocycles. The SMILES string of the molecule is CCc1nnc(NC(=O)C=Cc2ccc(C3CC3C)o2)s1. The molecule has 2 unspecified atom stereocenters. The van der Waals surface area contributed by atoms with Crippen LogP contribution in [-0.4, -0.2) is 16.1 Å². The summed E-state index contributed by atoms with van der Waals surface area (Å²) >= 11 is 1.39. The average molecular weight is 303 g/mol. The zero-order valence-corrected chi connectivity index (χ0v) is 12.8. The average Bonchev–Trinajstić information content (AvgIpc) is 2.92. The van der Waals surface area contributed by atoms with Gasteiger partial charge in [-0.15, -0.1) is 10.2 Å². The Kier molecular flexibility index (Phi) is 3.88. The molecule has 0 bridgehead atoms. The monoisotopic (exact) mass is 303 g/mol. The van der Waals surface area contributed by atoms with Crippen LogP contribution in [0.25, 0.3) is 6.08 Å². The standard InChI is InChI=1S/C15H17N3O2S/c1-3-14-17-18-15(21-14)16-13(19)7-5-10-4-6-12(20-10)11-8-9(11)2/h4-7,9,11H,3,8H2,1-2H3,(H,16,18,19). The molecule has 0 saturated heterocycles. The van der Waals surface area contributed by atoms with E-state index in [0.29, 0.717) is 22.7 Å². The van der Waals surface area contributed by atoms with Crippen LogP contribution in [0, 0.1) is 5.92 Å². The van der Waals surface area contributed by atoms with Crippen molar-refractivity contribution in [3.05, 3.63) is 34.7 Å². The Morgan fingerprint density at radius 1 is 1.52 bits per heavy atom. The van der Waals surface area contributed by atoms with Gasteiger partial charge in [-0.25, -0.2) is 0 Å². The van der Waals surface area contributed by atoms with Gasteiger partial charge >= 0.3 is 0 Å². The van der Waals surface area contributed by atoms with Gasteiger partial charge in [0.15, 0.2) is 0 Å². The van der Waals surface area contributed by atoms with Crippen LogP contribution in [0.2, 0.25) is 0 Å². The molecule has 1 N–H and O–H groups in total. The molecule has 6 heteroatoms. The van der Waals surface area contributed by atoms with Crippen LogP contribution in [0.4, 0.5) is 5.13 Å². The molecule has 110 valence electrons. The molecule has 1 amide bonds. The molecule has 0 spiro atoms. The van der Waals surface area contributed by atoms with Crippen LogP contribution in [0.1, 0.15) is 42.7 Å². The maximum absolute atomic E-state index is 11.8. The molecule has 1 fully saturated rings. The number of anilines is 1. The molecule has 2 atom stereocenters. The van der Waals surface area contributed by atoms with Crippen molar-refractivity contribution < 1.29 is 9.21 Å². The van der Waals surface area contributed by atoms with Crippen LogP contribution < -0.4 is 5.32 Å². The van der Waals surface area contributed by atoms with Crippen molar-refractivity contribution in [2.24, 2.45) is 5.92 Å². The Morgan fingerprint density at radius 2 is 2.33 bits per heavy atom. The largest absolute Gasteiger partial charge is 0.461 e. The summed E-state index contributed by atoms with van der Waals surface area (Å²) in [4.78, 5) is 11.8. The lowest BCUT2D eigenvalue weighted by Gasteiger charge is -1.94. The van der Waals surface area contributed by atoms with E-state index < -0.39 is 0 Å². The van der Waals surface area contributed by atoms with Crippen LogP contribution >= 0.6 is 11.3 Å². The van der Waals surface area contributed by atoms with E-state index in [1.165, 1.54) is 23.8 Å². The maximum atomic E-state index is 11.8. The summed E-state index contributed by atoms with van der Waals surface area (Å²) in [7, 11) is 0. The van der Waals surface area contributed by atoms with E-state index in [2.05, 4.69) is 22.4 Å². The zero-order valence-electron chi connectivity index (χ0n) is 12.0. The van der Waals surface area contributed by atoms with E-state index in [1.54, 1.807) is 6.08 Å². The normalized spacial score (nSPS) is 20.9. The predicted molar refractivity (Wildman–Crippen MR) is 82.2 cm³/mol. The smallest absolute Gasteiger partial charge is 0.250 e. The molecule has 2 aromatic rings. The fourth-order valence-electron chi connectivity index (χ4n) is 2.13. The van der Waals surface area contributed by atoms with Gasteiger partial charge in [-0.2, -0.15) is 0 Å². The minimum Gasteiger partial charge on any atom is -0.461 e. The summed E-state index contributed by atoms with van der Waals surface area (Å²) in [5, 5.41) is 12.0. The van der Waals surface area contributed by atoms with Gasteiger partial charge in [0.05, 0.1) is 0 Å². The minimum atomic E-state index is -0.230. The molecule has 0 radical (unpaired) electrons. The van der Waals surface area contributed by atoms with Gasteiger partial charge in [-0.3, -0.25) is 10.1 Å². The second-order valence-electron chi connectivity index (χ2n) is 5.24. The van der Waals surface area contributed by atoms with E-state index in [1.807, 2.05) is 19.1 Å². The molecule has 1 aliphatic carbocycles. The summed E-state index contributed by atoms with van der Waals surface area (Å²) in [6.07, 6.45) is 5.13. The molecular formula is C15H17N3O2S. The number of aryl methyl sites for hydroxylation is 1. The van der Waals surface area contributed by atoms with Gasteiger partial charge in [0.1, 0.15) is 16.5 Å². The first-order valence-corrected chi connectivity index (χ1v) is 7.88. The highest BCUT2D eigenvalue weighted by atomic mass is 32.1. The van der Waals surface area contributed by atoms with Crippen molar-refractivity contribution in [3.63, 3.8) is 0 Å². The third-order valence-electron chi connectivity index (χ3n) is 3.52. The summed E-state index contributed by atoms with van der Waals surface area (Å²) in [5.74, 6) is 2.74. The van der Waals surface area contributed by atoms with E-state index in [9.17, 15) is 4.79 Å². The third kappa shape index (κ3) is 3.39. The topological polar surface area (TPSA) is 68.0 Å². The highest BCUT2D eigenvalue weighted by Crippen LogP contribution is 2.47. The molecule has 2 aromatic heterocycles. The number of carbonyl (C=O) groups excluding carboxylic acids is 1. The van der Waals surface area contributed by atoms with Gasteiger partial charge in [0, 0.05) is 12.0 Å². The first kappa shape index (κ1) is 14.0. The number of rotatable bonds is 5. The molecule has 3 rings (SSSR count). The van der Waals surface area contributed by atoms with Gasteiger partial charge < -0.3 is 4.42 Å². The van der Waals surface area contributed by atoms with E-state index in [0.717, 1.165) is 17.2 Å². The van der Waals surface area contributed by atoms with Crippen molar-refractivity contribution in [3.8, 4) is 0 Å². The van der Waals surface area contributed by atoms with Crippen molar-refractivity contribution in [1.82, 2.24) is 10.2 Å². The summed E-state index contributed by atoms with van der Waals surface area (Å²) in [5.41, 5.74) is 0. The number of furan rings is 1. The Bertz CT molecular complexity index is 674. The van der Waals surface area contributed by atoms with Crippen molar-refractivity contribution in [1.29, 1.82) is 0 Å². The van der Waals surface area contributed by atoms with Crippen LogP contribution in [0.15, 0.2) is 22.6 Å². The van der Waals surface area contributed by atoms with Crippen LogP contribution in [0.5, 0.6) is 0 Å². The Labute approximate surface area is 127 Å². The molecule has 0 aromatic carbocycles. The maximum Gasteiger partial charge on any atom is 0.250 e. The number of aromatic nitrogens is 2. The lowest BCUT2D eigenvalue weighted by molar-refractivity contribution is -0.111. The molecular weight excluding hydrogens is 286 g/mol. The molecule has 21 heavy (non-hydrogen) atoms. The van der Waals surface area contributed by atoms with Crippen molar-refractivity contribution in [2.45, 2.75) is 32.6 Å². The molecule has 1 aliphatic rings. The zero-order chi connectivity index (χ0) is 14.8. The third-order valence-corrected chi connectivity index (χ3v) is 4.50. The van der Waals surface area contributed by atoms with E-state index in [4.69, 9.17) is 4.42 Å². The molecule has 1 saturated carbocycles. The Hall–Kier alpha value is -1.95.